The third-order valence-electron chi connectivity index (χ3n) is 3.40. The fraction of sp³-hybridized carbons (Fsp3) is 0.118. The van der Waals surface area contributed by atoms with E-state index >= 15 is 0 Å². The number of benzene rings is 2. The van der Waals surface area contributed by atoms with Gasteiger partial charge < -0.3 is 15.2 Å². The number of rotatable bonds is 3. The van der Waals surface area contributed by atoms with Gasteiger partial charge in [0.05, 0.1) is 19.9 Å². The van der Waals surface area contributed by atoms with Crippen molar-refractivity contribution in [1.29, 1.82) is 0 Å². The van der Waals surface area contributed by atoms with Crippen molar-refractivity contribution in [3.63, 3.8) is 0 Å². The van der Waals surface area contributed by atoms with Crippen molar-refractivity contribution >= 4 is 17.6 Å². The van der Waals surface area contributed by atoms with Crippen LogP contribution in [0.1, 0.15) is 16.7 Å². The van der Waals surface area contributed by atoms with Crippen LogP contribution in [0.5, 0.6) is 11.5 Å². The predicted octanol–water partition coefficient (Wildman–Crippen LogP) is 2.92. The van der Waals surface area contributed by atoms with Crippen LogP contribution in [-0.4, -0.2) is 20.1 Å². The highest BCUT2D eigenvalue weighted by Crippen LogP contribution is 2.31. The van der Waals surface area contributed by atoms with Crippen LogP contribution in [-0.2, 0) is 0 Å². The molecule has 2 N–H and O–H groups in total. The van der Waals surface area contributed by atoms with Gasteiger partial charge in [0.2, 0.25) is 0 Å². The Morgan fingerprint density at radius 1 is 0.952 bits per heavy atom. The first-order chi connectivity index (χ1) is 10.2. The summed E-state index contributed by atoms with van der Waals surface area (Å²) in [5.74, 6) is 2.03. The molecule has 1 aliphatic heterocycles. The molecule has 0 bridgehead atoms. The summed E-state index contributed by atoms with van der Waals surface area (Å²) in [7, 11) is 3.26. The van der Waals surface area contributed by atoms with Crippen molar-refractivity contribution in [1.82, 2.24) is 0 Å². The lowest BCUT2D eigenvalue weighted by Gasteiger charge is -2.06. The molecule has 0 saturated heterocycles. The fourth-order valence-electron chi connectivity index (χ4n) is 2.36. The maximum absolute atomic E-state index is 5.96. The molecule has 0 atom stereocenters. The van der Waals surface area contributed by atoms with Crippen LogP contribution in [0.3, 0.4) is 0 Å². The molecule has 3 rings (SSSR count). The maximum atomic E-state index is 5.96. The number of nitrogens with two attached hydrogens (primary N) is 1. The van der Waals surface area contributed by atoms with E-state index in [9.17, 15) is 0 Å². The molecular weight excluding hydrogens is 264 g/mol. The number of ether oxygens (including phenoxy) is 2. The molecule has 0 aliphatic carbocycles. The summed E-state index contributed by atoms with van der Waals surface area (Å²) in [5, 5.41) is 0. The third kappa shape index (κ3) is 2.48. The first-order valence-corrected chi connectivity index (χ1v) is 6.60. The Morgan fingerprint density at radius 3 is 2.19 bits per heavy atom. The lowest BCUT2D eigenvalue weighted by Crippen LogP contribution is -2.09. The topological polar surface area (TPSA) is 56.8 Å². The third-order valence-corrected chi connectivity index (χ3v) is 3.40. The zero-order valence-electron chi connectivity index (χ0n) is 12.0. The van der Waals surface area contributed by atoms with Crippen molar-refractivity contribution in [2.45, 2.75) is 0 Å². The molecule has 0 radical (unpaired) electrons. The standard InChI is InChI=1S/C17H16N2O2/c1-20-12-7-11(8-13(10-12)21-2)9-16-14-5-3-4-6-15(14)17(18)19-16/h3-10H,1-2H3,(H2,18,19)/b16-9-. The van der Waals surface area contributed by atoms with Crippen LogP contribution < -0.4 is 15.2 Å². The summed E-state index contributed by atoms with van der Waals surface area (Å²) in [6, 6.07) is 13.6. The largest absolute Gasteiger partial charge is 0.497 e. The van der Waals surface area contributed by atoms with Gasteiger partial charge in [0.15, 0.2) is 0 Å². The molecule has 106 valence electrons. The molecule has 0 amide bonds. The van der Waals surface area contributed by atoms with Gasteiger partial charge in [0.1, 0.15) is 17.3 Å². The number of hydrogen-bond donors (Lipinski definition) is 1. The summed E-state index contributed by atoms with van der Waals surface area (Å²) < 4.78 is 10.6. The first-order valence-electron chi connectivity index (χ1n) is 6.60. The van der Waals surface area contributed by atoms with Gasteiger partial charge in [-0.1, -0.05) is 24.3 Å². The fourth-order valence-corrected chi connectivity index (χ4v) is 2.36. The van der Waals surface area contributed by atoms with E-state index in [1.165, 1.54) is 0 Å². The zero-order valence-corrected chi connectivity index (χ0v) is 12.0. The summed E-state index contributed by atoms with van der Waals surface area (Å²) in [6.45, 7) is 0. The lowest BCUT2D eigenvalue weighted by atomic mass is 10.0. The Labute approximate surface area is 123 Å². The number of fused-ring (bicyclic) bond motifs is 1. The van der Waals surface area contributed by atoms with Crippen molar-refractivity contribution in [3.05, 3.63) is 59.2 Å². The van der Waals surface area contributed by atoms with Crippen LogP contribution in [0.25, 0.3) is 11.8 Å². The van der Waals surface area contributed by atoms with E-state index in [1.54, 1.807) is 14.2 Å². The van der Waals surface area contributed by atoms with Crippen molar-refractivity contribution in [2.75, 3.05) is 14.2 Å². The first kappa shape index (κ1) is 13.2. The quantitative estimate of drug-likeness (QED) is 0.940. The molecule has 2 aromatic carbocycles. The Kier molecular flexibility index (Phi) is 3.36. The second kappa shape index (κ2) is 5.32. The minimum atomic E-state index is 0.548. The summed E-state index contributed by atoms with van der Waals surface area (Å²) in [6.07, 6.45) is 1.98. The average Bonchev–Trinajstić information content (AvgIpc) is 2.83. The van der Waals surface area contributed by atoms with Gasteiger partial charge in [0, 0.05) is 17.2 Å². The number of nitrogens with zero attached hydrogens (tertiary/aromatic N) is 1. The van der Waals surface area contributed by atoms with Gasteiger partial charge in [-0.2, -0.15) is 0 Å². The molecule has 4 nitrogen and oxygen atoms in total. The average molecular weight is 280 g/mol. The predicted molar refractivity (Wildman–Crippen MR) is 84.6 cm³/mol. The molecule has 0 unspecified atom stereocenters. The van der Waals surface area contributed by atoms with Gasteiger partial charge in [-0.15, -0.1) is 0 Å². The highest BCUT2D eigenvalue weighted by molar-refractivity contribution is 6.11. The van der Waals surface area contributed by atoms with Gasteiger partial charge in [-0.05, 0) is 23.8 Å². The molecule has 1 aliphatic rings. The van der Waals surface area contributed by atoms with E-state index in [2.05, 4.69) is 4.99 Å². The molecule has 1 heterocycles. The molecule has 2 aromatic rings. The smallest absolute Gasteiger partial charge is 0.132 e. The van der Waals surface area contributed by atoms with Gasteiger partial charge in [0.25, 0.3) is 0 Å². The number of amidine groups is 1. The molecule has 0 saturated carbocycles. The van der Waals surface area contributed by atoms with Crippen molar-refractivity contribution in [3.8, 4) is 11.5 Å². The highest BCUT2D eigenvalue weighted by Gasteiger charge is 2.17. The summed E-state index contributed by atoms with van der Waals surface area (Å²) >= 11 is 0. The molecule has 0 aromatic heterocycles. The maximum Gasteiger partial charge on any atom is 0.132 e. The van der Waals surface area contributed by atoms with Gasteiger partial charge >= 0.3 is 0 Å². The highest BCUT2D eigenvalue weighted by atomic mass is 16.5. The molecular formula is C17H16N2O2. The Morgan fingerprint density at radius 2 is 1.57 bits per heavy atom. The monoisotopic (exact) mass is 280 g/mol. The van der Waals surface area contributed by atoms with Crippen LogP contribution in [0.2, 0.25) is 0 Å². The van der Waals surface area contributed by atoms with Gasteiger partial charge in [-0.3, -0.25) is 0 Å². The summed E-state index contributed by atoms with van der Waals surface area (Å²) in [5.41, 5.74) is 9.77. The zero-order chi connectivity index (χ0) is 14.8. The van der Waals surface area contributed by atoms with E-state index in [-0.39, 0.29) is 0 Å². The molecule has 0 fully saturated rings. The lowest BCUT2D eigenvalue weighted by molar-refractivity contribution is 0.394. The second-order valence-electron chi connectivity index (χ2n) is 4.72. The van der Waals surface area contributed by atoms with Crippen LogP contribution >= 0.6 is 0 Å². The Hall–Kier alpha value is -2.75. The van der Waals surface area contributed by atoms with Gasteiger partial charge in [-0.25, -0.2) is 4.99 Å². The minimum Gasteiger partial charge on any atom is -0.497 e. The molecule has 0 spiro atoms. The Balaban J connectivity index is 2.07. The normalized spacial score (nSPS) is 14.8. The van der Waals surface area contributed by atoms with Crippen molar-refractivity contribution < 1.29 is 9.47 Å². The van der Waals surface area contributed by atoms with Crippen LogP contribution in [0, 0.1) is 0 Å². The van der Waals surface area contributed by atoms with Crippen molar-refractivity contribution in [2.24, 2.45) is 10.7 Å². The number of methoxy groups -OCH3 is 2. The molecule has 4 heteroatoms. The number of aliphatic imine (C=N–C) groups is 1. The van der Waals surface area contributed by atoms with E-state index in [0.29, 0.717) is 5.84 Å². The Bertz CT molecular complexity index is 726. The van der Waals surface area contributed by atoms with E-state index in [0.717, 1.165) is 33.9 Å². The number of hydrogen-bond acceptors (Lipinski definition) is 4. The molecule has 21 heavy (non-hydrogen) atoms. The van der Waals surface area contributed by atoms with E-state index in [4.69, 9.17) is 15.2 Å². The van der Waals surface area contributed by atoms with Crippen LogP contribution in [0.4, 0.5) is 0 Å². The summed E-state index contributed by atoms with van der Waals surface area (Å²) in [4.78, 5) is 4.44. The minimum absolute atomic E-state index is 0.548. The van der Waals surface area contributed by atoms with Crippen LogP contribution in [0.15, 0.2) is 47.5 Å². The second-order valence-corrected chi connectivity index (χ2v) is 4.72. The van der Waals surface area contributed by atoms with E-state index in [1.807, 2.05) is 48.5 Å². The van der Waals surface area contributed by atoms with E-state index < -0.39 is 0 Å². The SMILES string of the molecule is COc1cc(/C=C2\N=C(N)c3ccccc32)cc(OC)c1.